The fraction of sp³-hybridized carbons (Fsp3) is 0.786. The molecule has 84 valence electrons. The van der Waals surface area contributed by atoms with Crippen molar-refractivity contribution in [2.24, 2.45) is 17.3 Å². The van der Waals surface area contributed by atoms with E-state index in [0.717, 1.165) is 38.0 Å². The molecular weight excluding hydrogens is 184 g/mol. The number of ketones is 1. The SMILES string of the molecule is C=C1CCC[C@@]12C[C@@H](C(C)C)CCC2=O. The molecule has 0 heterocycles. The number of hydrogen-bond donors (Lipinski definition) is 0. The standard InChI is InChI=1S/C14H22O/c1-10(2)12-6-7-13(15)14(9-12)8-4-5-11(14)3/h10,12H,3-9H2,1-2H3/t12-,14+/m0/s1. The molecule has 2 aliphatic rings. The molecule has 0 aromatic rings. The van der Waals surface area contributed by atoms with Gasteiger partial charge in [-0.2, -0.15) is 0 Å². The normalized spacial score (nSPS) is 36.9. The molecule has 2 atom stereocenters. The predicted molar refractivity (Wildman–Crippen MR) is 62.6 cm³/mol. The Morgan fingerprint density at radius 3 is 2.67 bits per heavy atom. The van der Waals surface area contributed by atoms with Crippen LogP contribution in [0.4, 0.5) is 0 Å². The first-order valence-corrected chi connectivity index (χ1v) is 6.28. The van der Waals surface area contributed by atoms with E-state index in [0.29, 0.717) is 11.7 Å². The van der Waals surface area contributed by atoms with E-state index in [2.05, 4.69) is 20.4 Å². The molecule has 0 amide bonds. The van der Waals surface area contributed by atoms with Gasteiger partial charge in [-0.1, -0.05) is 26.0 Å². The van der Waals surface area contributed by atoms with Crippen LogP contribution in [0.1, 0.15) is 52.4 Å². The first-order valence-electron chi connectivity index (χ1n) is 6.28. The van der Waals surface area contributed by atoms with Crippen molar-refractivity contribution in [3.63, 3.8) is 0 Å². The zero-order valence-corrected chi connectivity index (χ0v) is 10.0. The van der Waals surface area contributed by atoms with Gasteiger partial charge < -0.3 is 0 Å². The molecule has 0 N–H and O–H groups in total. The van der Waals surface area contributed by atoms with Crippen molar-refractivity contribution in [1.82, 2.24) is 0 Å². The van der Waals surface area contributed by atoms with Crippen molar-refractivity contribution in [1.29, 1.82) is 0 Å². The Hall–Kier alpha value is -0.590. The number of carbonyl (C=O) groups is 1. The predicted octanol–water partition coefficient (Wildman–Crippen LogP) is 3.74. The van der Waals surface area contributed by atoms with E-state index < -0.39 is 0 Å². The molecule has 1 nitrogen and oxygen atoms in total. The highest BCUT2D eigenvalue weighted by Gasteiger charge is 2.47. The number of allylic oxidation sites excluding steroid dienone is 1. The van der Waals surface area contributed by atoms with Gasteiger partial charge in [0.05, 0.1) is 0 Å². The van der Waals surface area contributed by atoms with E-state index >= 15 is 0 Å². The molecule has 2 saturated carbocycles. The second kappa shape index (κ2) is 3.77. The van der Waals surface area contributed by atoms with Crippen LogP contribution in [-0.2, 0) is 4.79 Å². The molecule has 0 radical (unpaired) electrons. The quantitative estimate of drug-likeness (QED) is 0.597. The average Bonchev–Trinajstić information content (AvgIpc) is 2.54. The molecule has 0 saturated heterocycles. The first kappa shape index (κ1) is 10.9. The van der Waals surface area contributed by atoms with Crippen LogP contribution in [0, 0.1) is 17.3 Å². The van der Waals surface area contributed by atoms with Crippen molar-refractivity contribution in [3.05, 3.63) is 12.2 Å². The number of carbonyl (C=O) groups excluding carboxylic acids is 1. The van der Waals surface area contributed by atoms with Gasteiger partial charge >= 0.3 is 0 Å². The zero-order valence-electron chi connectivity index (χ0n) is 10.0. The zero-order chi connectivity index (χ0) is 11.1. The third-order valence-corrected chi connectivity index (χ3v) is 4.59. The number of rotatable bonds is 1. The van der Waals surface area contributed by atoms with E-state index in [1.165, 1.54) is 12.0 Å². The Bertz CT molecular complexity index is 290. The maximum absolute atomic E-state index is 12.1. The summed E-state index contributed by atoms with van der Waals surface area (Å²) in [6, 6.07) is 0. The monoisotopic (exact) mass is 206 g/mol. The summed E-state index contributed by atoms with van der Waals surface area (Å²) in [7, 11) is 0. The summed E-state index contributed by atoms with van der Waals surface area (Å²) < 4.78 is 0. The van der Waals surface area contributed by atoms with Crippen molar-refractivity contribution < 1.29 is 4.79 Å². The molecule has 0 aliphatic heterocycles. The highest BCUT2D eigenvalue weighted by atomic mass is 16.1. The van der Waals surface area contributed by atoms with Gasteiger partial charge in [0, 0.05) is 11.8 Å². The van der Waals surface area contributed by atoms with Gasteiger partial charge in [0.15, 0.2) is 0 Å². The first-order chi connectivity index (χ1) is 7.06. The Morgan fingerprint density at radius 1 is 1.40 bits per heavy atom. The summed E-state index contributed by atoms with van der Waals surface area (Å²) in [6.45, 7) is 8.72. The molecular formula is C14H22O. The number of Topliss-reactive ketones (excluding diaryl/α,β-unsaturated/α-hetero) is 1. The van der Waals surface area contributed by atoms with Gasteiger partial charge in [-0.15, -0.1) is 0 Å². The van der Waals surface area contributed by atoms with Crippen molar-refractivity contribution >= 4 is 5.78 Å². The second-order valence-corrected chi connectivity index (χ2v) is 5.71. The van der Waals surface area contributed by atoms with Gasteiger partial charge in [-0.25, -0.2) is 0 Å². The van der Waals surface area contributed by atoms with Crippen LogP contribution in [0.15, 0.2) is 12.2 Å². The van der Waals surface area contributed by atoms with E-state index in [9.17, 15) is 4.79 Å². The molecule has 2 rings (SSSR count). The lowest BCUT2D eigenvalue weighted by Crippen LogP contribution is -2.37. The van der Waals surface area contributed by atoms with Crippen LogP contribution in [0.3, 0.4) is 0 Å². The van der Waals surface area contributed by atoms with Crippen LogP contribution >= 0.6 is 0 Å². The molecule has 0 aromatic heterocycles. The maximum atomic E-state index is 12.1. The lowest BCUT2D eigenvalue weighted by Gasteiger charge is -2.39. The molecule has 0 aromatic carbocycles. The Labute approximate surface area is 92.9 Å². The summed E-state index contributed by atoms with van der Waals surface area (Å²) in [5.74, 6) is 1.93. The van der Waals surface area contributed by atoms with Crippen LogP contribution in [0.2, 0.25) is 0 Å². The van der Waals surface area contributed by atoms with Crippen LogP contribution in [-0.4, -0.2) is 5.78 Å². The number of hydrogen-bond acceptors (Lipinski definition) is 1. The topological polar surface area (TPSA) is 17.1 Å². The summed E-state index contributed by atoms with van der Waals surface area (Å²) in [4.78, 5) is 12.1. The second-order valence-electron chi connectivity index (χ2n) is 5.71. The fourth-order valence-electron chi connectivity index (χ4n) is 3.39. The summed E-state index contributed by atoms with van der Waals surface area (Å²) in [5, 5.41) is 0. The van der Waals surface area contributed by atoms with Crippen molar-refractivity contribution in [2.45, 2.75) is 52.4 Å². The van der Waals surface area contributed by atoms with Gasteiger partial charge in [0.1, 0.15) is 5.78 Å². The van der Waals surface area contributed by atoms with Gasteiger partial charge in [-0.3, -0.25) is 4.79 Å². The van der Waals surface area contributed by atoms with Crippen LogP contribution < -0.4 is 0 Å². The third kappa shape index (κ3) is 1.66. The van der Waals surface area contributed by atoms with Crippen LogP contribution in [0.5, 0.6) is 0 Å². The highest BCUT2D eigenvalue weighted by Crippen LogP contribution is 2.52. The molecule has 2 aliphatic carbocycles. The minimum Gasteiger partial charge on any atom is -0.299 e. The highest BCUT2D eigenvalue weighted by molar-refractivity contribution is 5.89. The summed E-state index contributed by atoms with van der Waals surface area (Å²) in [6.07, 6.45) is 6.32. The average molecular weight is 206 g/mol. The smallest absolute Gasteiger partial charge is 0.143 e. The molecule has 0 bridgehead atoms. The van der Waals surface area contributed by atoms with Crippen molar-refractivity contribution in [3.8, 4) is 0 Å². The fourth-order valence-corrected chi connectivity index (χ4v) is 3.39. The van der Waals surface area contributed by atoms with E-state index in [4.69, 9.17) is 0 Å². The lowest BCUT2D eigenvalue weighted by atomic mass is 9.64. The van der Waals surface area contributed by atoms with E-state index in [1.807, 2.05) is 0 Å². The Balaban J connectivity index is 2.22. The van der Waals surface area contributed by atoms with Crippen LogP contribution in [0.25, 0.3) is 0 Å². The largest absolute Gasteiger partial charge is 0.299 e. The minimum atomic E-state index is -0.0901. The third-order valence-electron chi connectivity index (χ3n) is 4.59. The molecule has 2 fully saturated rings. The van der Waals surface area contributed by atoms with Gasteiger partial charge in [-0.05, 0) is 43.9 Å². The Morgan fingerprint density at radius 2 is 2.13 bits per heavy atom. The molecule has 1 heteroatoms. The van der Waals surface area contributed by atoms with Gasteiger partial charge in [0.2, 0.25) is 0 Å². The maximum Gasteiger partial charge on any atom is 0.143 e. The Kier molecular flexibility index (Phi) is 2.74. The molecule has 0 unspecified atom stereocenters. The summed E-state index contributed by atoms with van der Waals surface area (Å²) >= 11 is 0. The van der Waals surface area contributed by atoms with E-state index in [1.54, 1.807) is 0 Å². The summed E-state index contributed by atoms with van der Waals surface area (Å²) in [5.41, 5.74) is 1.14. The minimum absolute atomic E-state index is 0.0901. The van der Waals surface area contributed by atoms with Crippen molar-refractivity contribution in [2.75, 3.05) is 0 Å². The lowest BCUT2D eigenvalue weighted by molar-refractivity contribution is -0.130. The molecule has 1 spiro atoms. The molecule has 15 heavy (non-hydrogen) atoms. The van der Waals surface area contributed by atoms with E-state index in [-0.39, 0.29) is 5.41 Å². The van der Waals surface area contributed by atoms with Gasteiger partial charge in [0.25, 0.3) is 0 Å².